The van der Waals surface area contributed by atoms with E-state index < -0.39 is 0 Å². The lowest BCUT2D eigenvalue weighted by Crippen LogP contribution is -2.32. The van der Waals surface area contributed by atoms with Crippen LogP contribution in [0.2, 0.25) is 0 Å². The van der Waals surface area contributed by atoms with Crippen molar-refractivity contribution in [3.63, 3.8) is 0 Å². The van der Waals surface area contributed by atoms with Crippen molar-refractivity contribution in [2.24, 2.45) is 0 Å². The Bertz CT molecular complexity index is 867. The molecule has 8 heteroatoms. The summed E-state index contributed by atoms with van der Waals surface area (Å²) in [5.41, 5.74) is 1.51. The number of thiocarbonyl (C=S) groups is 1. The average molecular weight is 432 g/mol. The molecule has 1 aliphatic heterocycles. The number of rotatable bonds is 8. The lowest BCUT2D eigenvalue weighted by molar-refractivity contribution is -0.127. The zero-order valence-corrected chi connectivity index (χ0v) is 18.0. The Kier molecular flexibility index (Phi) is 7.60. The van der Waals surface area contributed by atoms with Crippen LogP contribution in [-0.4, -0.2) is 48.1 Å². The van der Waals surface area contributed by atoms with Gasteiger partial charge in [0, 0.05) is 30.9 Å². The minimum atomic E-state index is -0.372. The summed E-state index contributed by atoms with van der Waals surface area (Å²) in [6.07, 6.45) is 2.43. The third kappa shape index (κ3) is 5.77. The number of ether oxygens (including phenoxy) is 1. The number of hydrogen-bond donors (Lipinski definition) is 2. The Morgan fingerprint density at radius 2 is 2.10 bits per heavy atom. The molecule has 2 N–H and O–H groups in total. The van der Waals surface area contributed by atoms with Gasteiger partial charge in [-0.2, -0.15) is 0 Å². The zero-order valence-electron chi connectivity index (χ0n) is 16.4. The molecule has 0 bridgehead atoms. The van der Waals surface area contributed by atoms with Crippen molar-refractivity contribution in [1.82, 2.24) is 10.2 Å². The highest BCUT2D eigenvalue weighted by atomic mass is 32.1. The highest BCUT2D eigenvalue weighted by Crippen LogP contribution is 2.35. The summed E-state index contributed by atoms with van der Waals surface area (Å²) in [7, 11) is 0. The van der Waals surface area contributed by atoms with E-state index in [9.17, 15) is 9.59 Å². The second-order valence-corrected chi connectivity index (χ2v) is 8.12. The number of anilines is 1. The second-order valence-electron chi connectivity index (χ2n) is 6.66. The van der Waals surface area contributed by atoms with E-state index in [0.29, 0.717) is 35.2 Å². The summed E-state index contributed by atoms with van der Waals surface area (Å²) >= 11 is 6.86. The lowest BCUT2D eigenvalue weighted by Gasteiger charge is -2.16. The molecule has 1 aliphatic rings. The first kappa shape index (κ1) is 21.3. The maximum absolute atomic E-state index is 12.4. The van der Waals surface area contributed by atoms with Gasteiger partial charge in [-0.25, -0.2) is 4.79 Å². The Morgan fingerprint density at radius 1 is 1.31 bits per heavy atom. The summed E-state index contributed by atoms with van der Waals surface area (Å²) in [5, 5.41) is 7.40. The summed E-state index contributed by atoms with van der Waals surface area (Å²) in [4.78, 5) is 26.9. The van der Waals surface area contributed by atoms with Crippen LogP contribution in [0.15, 0.2) is 36.4 Å². The highest BCUT2D eigenvalue weighted by Gasteiger charge is 2.20. The van der Waals surface area contributed by atoms with Gasteiger partial charge < -0.3 is 20.3 Å². The van der Waals surface area contributed by atoms with Crippen molar-refractivity contribution >= 4 is 45.5 Å². The first-order chi connectivity index (χ1) is 14.1. The molecule has 1 fully saturated rings. The van der Waals surface area contributed by atoms with E-state index in [4.69, 9.17) is 17.0 Å². The monoisotopic (exact) mass is 431 g/mol. The van der Waals surface area contributed by atoms with Gasteiger partial charge >= 0.3 is 5.97 Å². The normalized spacial score (nSPS) is 13.4. The minimum Gasteiger partial charge on any atom is -0.462 e. The number of carbonyl (C=O) groups is 2. The van der Waals surface area contributed by atoms with Gasteiger partial charge in [0.2, 0.25) is 5.91 Å². The van der Waals surface area contributed by atoms with Crippen molar-refractivity contribution in [2.75, 3.05) is 31.6 Å². The van der Waals surface area contributed by atoms with E-state index in [0.717, 1.165) is 36.4 Å². The van der Waals surface area contributed by atoms with Crippen molar-refractivity contribution < 1.29 is 14.3 Å². The van der Waals surface area contributed by atoms with Gasteiger partial charge in [0.05, 0.1) is 12.2 Å². The van der Waals surface area contributed by atoms with Crippen molar-refractivity contribution in [1.29, 1.82) is 0 Å². The molecule has 0 atom stereocenters. The fourth-order valence-electron chi connectivity index (χ4n) is 3.15. The molecule has 6 nitrogen and oxygen atoms in total. The topological polar surface area (TPSA) is 70.7 Å². The van der Waals surface area contributed by atoms with Gasteiger partial charge in [0.1, 0.15) is 5.00 Å². The van der Waals surface area contributed by atoms with Gasteiger partial charge in [0.15, 0.2) is 5.11 Å². The largest absolute Gasteiger partial charge is 0.462 e. The van der Waals surface area contributed by atoms with Crippen LogP contribution in [0.4, 0.5) is 5.00 Å². The molecule has 0 aliphatic carbocycles. The predicted molar refractivity (Wildman–Crippen MR) is 120 cm³/mol. The van der Waals surface area contributed by atoms with Crippen LogP contribution in [-0.2, 0) is 9.53 Å². The molecule has 3 rings (SSSR count). The molecular formula is C21H25N3O3S2. The number of esters is 1. The number of nitrogens with one attached hydrogen (secondary N) is 2. The number of carbonyl (C=O) groups excluding carboxylic acids is 2. The van der Waals surface area contributed by atoms with Crippen molar-refractivity contribution in [3.8, 4) is 10.4 Å². The van der Waals surface area contributed by atoms with Gasteiger partial charge in [-0.05, 0) is 43.6 Å². The third-order valence-electron chi connectivity index (χ3n) is 4.57. The van der Waals surface area contributed by atoms with Crippen LogP contribution in [0, 0.1) is 0 Å². The van der Waals surface area contributed by atoms with Gasteiger partial charge in [-0.15, -0.1) is 11.3 Å². The molecule has 1 amide bonds. The maximum atomic E-state index is 12.4. The van der Waals surface area contributed by atoms with Crippen molar-refractivity contribution in [2.45, 2.75) is 26.2 Å². The van der Waals surface area contributed by atoms with E-state index in [1.165, 1.54) is 11.3 Å². The second kappa shape index (κ2) is 10.4. The van der Waals surface area contributed by atoms with E-state index in [2.05, 4.69) is 10.6 Å². The smallest absolute Gasteiger partial charge is 0.341 e. The predicted octanol–water partition coefficient (Wildman–Crippen LogP) is 3.89. The lowest BCUT2D eigenvalue weighted by atomic mass is 10.1. The van der Waals surface area contributed by atoms with E-state index in [1.807, 2.05) is 41.3 Å². The number of likely N-dealkylation sites (tertiary alicyclic amines) is 1. The van der Waals surface area contributed by atoms with Gasteiger partial charge in [0.25, 0.3) is 0 Å². The molecule has 1 aromatic carbocycles. The first-order valence-electron chi connectivity index (χ1n) is 9.77. The van der Waals surface area contributed by atoms with Crippen LogP contribution in [0.1, 0.15) is 36.5 Å². The molecule has 2 heterocycles. The molecule has 0 unspecified atom stereocenters. The Morgan fingerprint density at radius 3 is 2.79 bits per heavy atom. The van der Waals surface area contributed by atoms with Crippen LogP contribution >= 0.6 is 23.6 Å². The maximum Gasteiger partial charge on any atom is 0.341 e. The molecule has 0 spiro atoms. The van der Waals surface area contributed by atoms with Crippen LogP contribution < -0.4 is 10.6 Å². The Hall–Kier alpha value is -2.45. The molecule has 0 saturated carbocycles. The molecule has 29 heavy (non-hydrogen) atoms. The fraction of sp³-hybridized carbons (Fsp3) is 0.381. The molecule has 1 aromatic heterocycles. The molecule has 154 valence electrons. The van der Waals surface area contributed by atoms with Gasteiger partial charge in [-0.3, -0.25) is 4.79 Å². The SMILES string of the molecule is CCOC(=O)c1cc(-c2ccccc2)sc1NC(=S)NCCCN1CCCC1=O. The summed E-state index contributed by atoms with van der Waals surface area (Å²) in [6.45, 7) is 4.34. The number of benzene rings is 1. The summed E-state index contributed by atoms with van der Waals surface area (Å²) < 4.78 is 5.19. The summed E-state index contributed by atoms with van der Waals surface area (Å²) in [6, 6.07) is 11.7. The average Bonchev–Trinajstić information content (AvgIpc) is 3.32. The number of amides is 1. The number of hydrogen-bond acceptors (Lipinski definition) is 5. The first-order valence-corrected chi connectivity index (χ1v) is 11.0. The van der Waals surface area contributed by atoms with Crippen LogP contribution in [0.5, 0.6) is 0 Å². The van der Waals surface area contributed by atoms with Crippen LogP contribution in [0.3, 0.4) is 0 Å². The quantitative estimate of drug-likeness (QED) is 0.375. The number of thiophene rings is 1. The fourth-order valence-corrected chi connectivity index (χ4v) is 4.47. The minimum absolute atomic E-state index is 0.233. The van der Waals surface area contributed by atoms with E-state index in [-0.39, 0.29) is 11.9 Å². The molecule has 1 saturated heterocycles. The van der Waals surface area contributed by atoms with E-state index >= 15 is 0 Å². The molecule has 0 radical (unpaired) electrons. The number of nitrogens with zero attached hydrogens (tertiary/aromatic N) is 1. The van der Waals surface area contributed by atoms with E-state index in [1.54, 1.807) is 6.92 Å². The Labute approximate surface area is 180 Å². The molecular weight excluding hydrogens is 406 g/mol. The Balaban J connectivity index is 1.60. The standard InChI is InChI=1S/C21H25N3O3S2/c1-2-27-20(26)16-14-17(15-8-4-3-5-9-15)29-19(16)23-21(28)22-11-7-13-24-12-6-10-18(24)25/h3-5,8-9,14H,2,6-7,10-13H2,1H3,(H2,22,23,28). The van der Waals surface area contributed by atoms with Gasteiger partial charge in [-0.1, -0.05) is 30.3 Å². The van der Waals surface area contributed by atoms with Crippen LogP contribution in [0.25, 0.3) is 10.4 Å². The summed E-state index contributed by atoms with van der Waals surface area (Å²) in [5.74, 6) is -0.138. The highest BCUT2D eigenvalue weighted by molar-refractivity contribution is 7.80. The third-order valence-corrected chi connectivity index (χ3v) is 5.92. The van der Waals surface area contributed by atoms with Crippen molar-refractivity contribution in [3.05, 3.63) is 42.0 Å². The molecule has 2 aromatic rings. The zero-order chi connectivity index (χ0) is 20.6.